The van der Waals surface area contributed by atoms with Crippen LogP contribution in [-0.2, 0) is 56.0 Å². The first-order valence-electron chi connectivity index (χ1n) is 27.1. The monoisotopic (exact) mass is 1070 g/mol. The second kappa shape index (κ2) is 33.3. The summed E-state index contributed by atoms with van der Waals surface area (Å²) in [5.74, 6) is -6.68. The Hall–Kier alpha value is -6.95. The molecule has 3 aromatic rings. The standard InChI is InChI=1S/C54H84N14O9/c1-4-5-6-7-11-18-46(69)61-38(19-24-55)48(71)65-42-23-28-59-47(70)45(31-35-32-60-37-17-13-12-16-36(35)37)68-51(74)41(22-27-58)62-49(72)39(20-25-56)64-53(76)43(29-33(2)3)66-54(77)44(30-34-14-9-8-10-15-34)67-50(73)40(21-26-57)63-52(42)75/h8-10,12-17,32-33,38-45,60H,4-7,11,18-31,55-58H2,1-3H3,(H,59,70)(H,61,69)(H,62,72)(H,63,75)(H,64,76)(H,65,71)(H,66,77)(H,67,73)(H,68,74)/t38-,39+,40+,41+,42+,43+,44-,45+/m1/s1. The minimum Gasteiger partial charge on any atom is -0.361 e. The van der Waals surface area contributed by atoms with Crippen LogP contribution in [0.25, 0.3) is 10.9 Å². The topological polar surface area (TPSA) is 382 Å². The van der Waals surface area contributed by atoms with E-state index in [1.165, 1.54) is 0 Å². The van der Waals surface area contributed by atoms with Crippen molar-refractivity contribution in [3.8, 4) is 0 Å². The molecule has 23 heteroatoms. The van der Waals surface area contributed by atoms with Gasteiger partial charge in [0.1, 0.15) is 48.3 Å². The normalized spacial score (nSPS) is 22.1. The number of nitrogens with two attached hydrogens (primary N) is 4. The second-order valence-corrected chi connectivity index (χ2v) is 20.0. The molecule has 0 radical (unpaired) electrons. The third-order valence-electron chi connectivity index (χ3n) is 13.2. The van der Waals surface area contributed by atoms with E-state index in [2.05, 4.69) is 59.8 Å². The molecular weight excluding hydrogens is 989 g/mol. The summed E-state index contributed by atoms with van der Waals surface area (Å²) in [5.41, 5.74) is 25.9. The van der Waals surface area contributed by atoms with E-state index in [0.717, 1.165) is 36.6 Å². The van der Waals surface area contributed by atoms with Crippen molar-refractivity contribution in [3.63, 3.8) is 0 Å². The van der Waals surface area contributed by atoms with Crippen LogP contribution < -0.4 is 70.8 Å². The molecule has 1 saturated heterocycles. The van der Waals surface area contributed by atoms with Gasteiger partial charge in [0.05, 0.1) is 0 Å². The highest BCUT2D eigenvalue weighted by atomic mass is 16.2. The molecule has 2 aromatic carbocycles. The van der Waals surface area contributed by atoms with Crippen molar-refractivity contribution in [2.45, 2.75) is 159 Å². The van der Waals surface area contributed by atoms with Crippen molar-refractivity contribution in [1.29, 1.82) is 0 Å². The molecular formula is C54H84N14O9. The molecule has 1 aliphatic rings. The summed E-state index contributed by atoms with van der Waals surface area (Å²) in [6.07, 6.45) is 5.86. The van der Waals surface area contributed by atoms with E-state index in [1.807, 2.05) is 38.1 Å². The van der Waals surface area contributed by atoms with Gasteiger partial charge < -0.3 is 75.8 Å². The molecule has 0 unspecified atom stereocenters. The molecule has 9 amide bonds. The fraction of sp³-hybridized carbons (Fsp3) is 0.574. The molecule has 1 fully saturated rings. The summed E-state index contributed by atoms with van der Waals surface area (Å²) >= 11 is 0. The van der Waals surface area contributed by atoms with Crippen LogP contribution in [-0.4, -0.2) is 139 Å². The summed E-state index contributed by atoms with van der Waals surface area (Å²) in [7, 11) is 0. The molecule has 1 aromatic heterocycles. The number of H-pyrrole nitrogens is 1. The quantitative estimate of drug-likeness (QED) is 0.0516. The van der Waals surface area contributed by atoms with E-state index in [9.17, 15) is 43.2 Å². The molecule has 0 spiro atoms. The highest BCUT2D eigenvalue weighted by molar-refractivity contribution is 5.98. The first kappa shape index (κ1) is 62.6. The van der Waals surface area contributed by atoms with Crippen molar-refractivity contribution in [2.75, 3.05) is 32.7 Å². The Kier molecular flexibility index (Phi) is 27.0. The fourth-order valence-electron chi connectivity index (χ4n) is 9.03. The number of hydrogen-bond acceptors (Lipinski definition) is 13. The van der Waals surface area contributed by atoms with E-state index >= 15 is 0 Å². The Balaban J connectivity index is 1.79. The smallest absolute Gasteiger partial charge is 0.243 e. The highest BCUT2D eigenvalue weighted by Gasteiger charge is 2.35. The summed E-state index contributed by atoms with van der Waals surface area (Å²) in [6.45, 7) is 5.27. The van der Waals surface area contributed by atoms with Crippen molar-refractivity contribution >= 4 is 64.1 Å². The van der Waals surface area contributed by atoms with Crippen LogP contribution in [0.2, 0.25) is 0 Å². The van der Waals surface area contributed by atoms with Crippen molar-refractivity contribution in [3.05, 3.63) is 71.9 Å². The van der Waals surface area contributed by atoms with Gasteiger partial charge in [0.25, 0.3) is 0 Å². The predicted molar refractivity (Wildman–Crippen MR) is 293 cm³/mol. The van der Waals surface area contributed by atoms with Crippen LogP contribution in [0, 0.1) is 5.92 Å². The SMILES string of the molecule is CCCCCCCC(=O)N[C@H](CCN)C(=O)N[C@H]1CCNC(=O)[C@H](Cc2c[nH]c3ccccc23)NC(=O)[C@H](CCN)NC(=O)[C@H](CCN)NC(=O)[C@H](CC(C)C)NC(=O)[C@@H](Cc2ccccc2)NC(=O)[C@H](CCN)NC1=O. The van der Waals surface area contributed by atoms with Crippen LogP contribution in [0.3, 0.4) is 0 Å². The lowest BCUT2D eigenvalue weighted by atomic mass is 10.00. The minimum absolute atomic E-state index is 0.00871. The van der Waals surface area contributed by atoms with Crippen molar-refractivity contribution in [1.82, 2.24) is 52.8 Å². The van der Waals surface area contributed by atoms with Crippen LogP contribution in [0.4, 0.5) is 0 Å². The van der Waals surface area contributed by atoms with Crippen LogP contribution >= 0.6 is 0 Å². The van der Waals surface area contributed by atoms with Crippen molar-refractivity contribution < 1.29 is 43.2 Å². The molecule has 2 heterocycles. The highest BCUT2D eigenvalue weighted by Crippen LogP contribution is 2.20. The van der Waals surface area contributed by atoms with Crippen LogP contribution in [0.15, 0.2) is 60.8 Å². The summed E-state index contributed by atoms with van der Waals surface area (Å²) in [5, 5.41) is 25.4. The number of unbranched alkanes of at least 4 members (excludes halogenated alkanes) is 4. The summed E-state index contributed by atoms with van der Waals surface area (Å²) < 4.78 is 0. The van der Waals surface area contributed by atoms with Gasteiger partial charge in [0.15, 0.2) is 0 Å². The number of nitrogens with one attached hydrogen (secondary N) is 10. The van der Waals surface area contributed by atoms with E-state index in [4.69, 9.17) is 22.9 Å². The minimum atomic E-state index is -1.45. The van der Waals surface area contributed by atoms with Gasteiger partial charge in [-0.05, 0) is 94.2 Å². The number of aromatic nitrogens is 1. The number of amides is 9. The number of rotatable bonds is 23. The van der Waals surface area contributed by atoms with Gasteiger partial charge in [-0.2, -0.15) is 0 Å². The summed E-state index contributed by atoms with van der Waals surface area (Å²) in [6, 6.07) is 5.76. The summed E-state index contributed by atoms with van der Waals surface area (Å²) in [4.78, 5) is 131. The van der Waals surface area contributed by atoms with Gasteiger partial charge in [-0.15, -0.1) is 0 Å². The molecule has 1 aliphatic heterocycles. The molecule has 0 bridgehead atoms. The van der Waals surface area contributed by atoms with Gasteiger partial charge in [-0.1, -0.05) is 95.0 Å². The maximum Gasteiger partial charge on any atom is 0.243 e. The largest absolute Gasteiger partial charge is 0.361 e. The maximum atomic E-state index is 14.5. The first-order chi connectivity index (χ1) is 37.0. The third-order valence-corrected chi connectivity index (χ3v) is 13.2. The van der Waals surface area contributed by atoms with Crippen LogP contribution in [0.5, 0.6) is 0 Å². The molecule has 0 aliphatic carbocycles. The zero-order chi connectivity index (χ0) is 56.3. The first-order valence-corrected chi connectivity index (χ1v) is 27.1. The Morgan fingerprint density at radius 1 is 0.597 bits per heavy atom. The zero-order valence-electron chi connectivity index (χ0n) is 44.9. The van der Waals surface area contributed by atoms with Crippen molar-refractivity contribution in [2.24, 2.45) is 28.9 Å². The predicted octanol–water partition coefficient (Wildman–Crippen LogP) is -0.847. The molecule has 424 valence electrons. The van der Waals surface area contributed by atoms with Gasteiger partial charge in [-0.25, -0.2) is 0 Å². The lowest BCUT2D eigenvalue weighted by Crippen LogP contribution is -2.61. The number of hydrogen-bond donors (Lipinski definition) is 14. The molecule has 8 atom stereocenters. The Morgan fingerprint density at radius 3 is 1.70 bits per heavy atom. The molecule has 4 rings (SSSR count). The zero-order valence-corrected chi connectivity index (χ0v) is 44.9. The van der Waals surface area contributed by atoms with Gasteiger partial charge in [-0.3, -0.25) is 43.2 Å². The maximum absolute atomic E-state index is 14.5. The van der Waals surface area contributed by atoms with Gasteiger partial charge >= 0.3 is 0 Å². The Labute approximate surface area is 451 Å². The molecule has 23 nitrogen and oxygen atoms in total. The Morgan fingerprint density at radius 2 is 1.12 bits per heavy atom. The molecule has 77 heavy (non-hydrogen) atoms. The number of fused-ring (bicyclic) bond motifs is 1. The average Bonchev–Trinajstić information content (AvgIpc) is 3.81. The number of carbonyl (C=O) groups is 9. The van der Waals surface area contributed by atoms with Gasteiger partial charge in [0, 0.05) is 42.9 Å². The second-order valence-electron chi connectivity index (χ2n) is 20.0. The van der Waals surface area contributed by atoms with Gasteiger partial charge in [0.2, 0.25) is 53.2 Å². The van der Waals surface area contributed by atoms with E-state index in [-0.39, 0.29) is 102 Å². The van der Waals surface area contributed by atoms with E-state index in [1.54, 1.807) is 36.5 Å². The fourth-order valence-corrected chi connectivity index (χ4v) is 9.03. The third kappa shape index (κ3) is 20.8. The van der Waals surface area contributed by atoms with Crippen LogP contribution in [0.1, 0.15) is 109 Å². The lowest BCUT2D eigenvalue weighted by Gasteiger charge is -2.28. The number of para-hydroxylation sites is 1. The molecule has 0 saturated carbocycles. The lowest BCUT2D eigenvalue weighted by molar-refractivity contribution is -0.136. The molecule has 18 N–H and O–H groups in total. The number of aromatic amines is 1. The number of carbonyl (C=O) groups excluding carboxylic acids is 9. The average molecular weight is 1070 g/mol. The Bertz CT molecular complexity index is 2400. The van der Waals surface area contributed by atoms with E-state index < -0.39 is 95.6 Å². The van der Waals surface area contributed by atoms with E-state index in [0.29, 0.717) is 17.5 Å². The number of benzene rings is 2.